The summed E-state index contributed by atoms with van der Waals surface area (Å²) in [6.45, 7) is 6.56. The molecule has 0 aromatic carbocycles. The van der Waals surface area contributed by atoms with Gasteiger partial charge < -0.3 is 5.21 Å². The lowest BCUT2D eigenvalue weighted by Crippen LogP contribution is -2.38. The van der Waals surface area contributed by atoms with E-state index in [1.54, 1.807) is 17.6 Å². The maximum absolute atomic E-state index is 12.2. The summed E-state index contributed by atoms with van der Waals surface area (Å²) in [6, 6.07) is 5.46. The van der Waals surface area contributed by atoms with Crippen molar-refractivity contribution in [1.29, 1.82) is 0 Å². The standard InChI is InChI=1S/C18H19N3O3S/c1-18(2,3)8-6-13-5-4-12(10-19-13)11-20-14-7-9-25-15(14)16(22)21(24)17(20)23/h4-10,24H,11H2,1-3H3/b8-6+. The molecule has 0 atom stereocenters. The minimum absolute atomic E-state index is 0.0764. The van der Waals surface area contributed by atoms with Crippen LogP contribution in [0.15, 0.2) is 45.4 Å². The second-order valence-electron chi connectivity index (χ2n) is 6.91. The van der Waals surface area contributed by atoms with Crippen molar-refractivity contribution in [2.24, 2.45) is 5.41 Å². The van der Waals surface area contributed by atoms with Crippen molar-refractivity contribution in [3.63, 3.8) is 0 Å². The molecule has 3 rings (SSSR count). The van der Waals surface area contributed by atoms with Crippen molar-refractivity contribution < 1.29 is 5.21 Å². The third-order valence-corrected chi connectivity index (χ3v) is 4.57. The fourth-order valence-corrected chi connectivity index (χ4v) is 3.19. The summed E-state index contributed by atoms with van der Waals surface area (Å²) in [7, 11) is 0. The van der Waals surface area contributed by atoms with Crippen molar-refractivity contribution in [2.45, 2.75) is 27.3 Å². The lowest BCUT2D eigenvalue weighted by atomic mass is 9.96. The first kappa shape index (κ1) is 17.2. The molecule has 7 heteroatoms. The highest BCUT2D eigenvalue weighted by atomic mass is 32.1. The van der Waals surface area contributed by atoms with Gasteiger partial charge in [0, 0.05) is 6.20 Å². The summed E-state index contributed by atoms with van der Waals surface area (Å²) < 4.78 is 1.88. The van der Waals surface area contributed by atoms with E-state index in [4.69, 9.17) is 0 Å². The van der Waals surface area contributed by atoms with Crippen LogP contribution in [0.3, 0.4) is 0 Å². The topological polar surface area (TPSA) is 77.1 Å². The molecular formula is C18H19N3O3S. The Morgan fingerprint density at radius 1 is 1.24 bits per heavy atom. The minimum Gasteiger partial charge on any atom is -0.421 e. The summed E-state index contributed by atoms with van der Waals surface area (Å²) in [5, 5.41) is 11.4. The zero-order chi connectivity index (χ0) is 18.2. The van der Waals surface area contributed by atoms with Gasteiger partial charge in [0.1, 0.15) is 4.70 Å². The molecule has 0 radical (unpaired) electrons. The molecule has 0 saturated carbocycles. The zero-order valence-electron chi connectivity index (χ0n) is 14.3. The van der Waals surface area contributed by atoms with Crippen LogP contribution in [-0.2, 0) is 6.54 Å². The third-order valence-electron chi connectivity index (χ3n) is 3.68. The third kappa shape index (κ3) is 3.56. The van der Waals surface area contributed by atoms with E-state index in [2.05, 4.69) is 31.8 Å². The molecule has 3 aromatic rings. The molecule has 3 aromatic heterocycles. The molecule has 0 amide bonds. The van der Waals surface area contributed by atoms with Gasteiger partial charge in [0.15, 0.2) is 0 Å². The van der Waals surface area contributed by atoms with E-state index in [1.165, 1.54) is 15.9 Å². The maximum Gasteiger partial charge on any atom is 0.365 e. The average molecular weight is 357 g/mol. The molecule has 6 nitrogen and oxygen atoms in total. The smallest absolute Gasteiger partial charge is 0.365 e. The SMILES string of the molecule is CC(C)(C)/C=C/c1ccc(Cn2c(=O)n(O)c(=O)c3sccc32)cn1. The molecular weight excluding hydrogens is 338 g/mol. The summed E-state index contributed by atoms with van der Waals surface area (Å²) in [4.78, 5) is 28.5. The molecule has 0 aliphatic heterocycles. The van der Waals surface area contributed by atoms with Gasteiger partial charge in [-0.3, -0.25) is 14.3 Å². The van der Waals surface area contributed by atoms with Gasteiger partial charge in [0.2, 0.25) is 0 Å². The lowest BCUT2D eigenvalue weighted by molar-refractivity contribution is 0.158. The van der Waals surface area contributed by atoms with Crippen LogP contribution in [0.5, 0.6) is 0 Å². The Bertz CT molecular complexity index is 1050. The number of thiophene rings is 1. The number of allylic oxidation sites excluding steroid dienone is 1. The Hall–Kier alpha value is -2.67. The van der Waals surface area contributed by atoms with E-state index in [1.807, 2.05) is 18.2 Å². The van der Waals surface area contributed by atoms with E-state index in [0.29, 0.717) is 10.2 Å². The summed E-state index contributed by atoms with van der Waals surface area (Å²) in [5.74, 6) is 0. The highest BCUT2D eigenvalue weighted by Gasteiger charge is 2.14. The highest BCUT2D eigenvalue weighted by molar-refractivity contribution is 7.17. The predicted molar refractivity (Wildman–Crippen MR) is 99.4 cm³/mol. The molecule has 25 heavy (non-hydrogen) atoms. The number of fused-ring (bicyclic) bond motifs is 1. The zero-order valence-corrected chi connectivity index (χ0v) is 15.1. The number of pyridine rings is 1. The average Bonchev–Trinajstić information content (AvgIpc) is 3.05. The summed E-state index contributed by atoms with van der Waals surface area (Å²) >= 11 is 1.20. The Labute approximate surface area is 148 Å². The molecule has 0 fully saturated rings. The molecule has 0 aliphatic rings. The van der Waals surface area contributed by atoms with E-state index in [0.717, 1.165) is 11.3 Å². The maximum atomic E-state index is 12.2. The van der Waals surface area contributed by atoms with Gasteiger partial charge in [0.25, 0.3) is 0 Å². The number of hydrogen-bond donors (Lipinski definition) is 1. The molecule has 130 valence electrons. The van der Waals surface area contributed by atoms with Crippen molar-refractivity contribution in [3.8, 4) is 0 Å². The Balaban J connectivity index is 1.95. The summed E-state index contributed by atoms with van der Waals surface area (Å²) in [5.41, 5.74) is 0.786. The molecule has 0 saturated heterocycles. The van der Waals surface area contributed by atoms with E-state index in [9.17, 15) is 14.8 Å². The van der Waals surface area contributed by atoms with Gasteiger partial charge in [-0.2, -0.15) is 0 Å². The van der Waals surface area contributed by atoms with Crippen LogP contribution < -0.4 is 11.2 Å². The Kier molecular flexibility index (Phi) is 4.34. The van der Waals surface area contributed by atoms with E-state index in [-0.39, 0.29) is 16.7 Å². The van der Waals surface area contributed by atoms with Gasteiger partial charge in [-0.05, 0) is 34.6 Å². The fraction of sp³-hybridized carbons (Fsp3) is 0.278. The van der Waals surface area contributed by atoms with E-state index >= 15 is 0 Å². The number of hydrogen-bond acceptors (Lipinski definition) is 5. The molecule has 3 heterocycles. The monoisotopic (exact) mass is 357 g/mol. The first-order chi connectivity index (χ1) is 11.8. The van der Waals surface area contributed by atoms with Gasteiger partial charge >= 0.3 is 11.2 Å². The highest BCUT2D eigenvalue weighted by Crippen LogP contribution is 2.18. The Morgan fingerprint density at radius 2 is 2.00 bits per heavy atom. The quantitative estimate of drug-likeness (QED) is 0.731. The lowest BCUT2D eigenvalue weighted by Gasteiger charge is -2.11. The van der Waals surface area contributed by atoms with Crippen LogP contribution in [0.4, 0.5) is 0 Å². The van der Waals surface area contributed by atoms with E-state index < -0.39 is 11.2 Å². The van der Waals surface area contributed by atoms with Crippen LogP contribution in [0.25, 0.3) is 16.3 Å². The minimum atomic E-state index is -0.757. The van der Waals surface area contributed by atoms with Gasteiger partial charge in [-0.15, -0.1) is 11.3 Å². The number of rotatable bonds is 3. The van der Waals surface area contributed by atoms with Gasteiger partial charge in [-0.1, -0.05) is 37.6 Å². The largest absolute Gasteiger partial charge is 0.421 e. The summed E-state index contributed by atoms with van der Waals surface area (Å²) in [6.07, 6.45) is 5.73. The normalized spacial score (nSPS) is 12.3. The van der Waals surface area contributed by atoms with Gasteiger partial charge in [0.05, 0.1) is 17.8 Å². The molecule has 0 bridgehead atoms. The first-order valence-corrected chi connectivity index (χ1v) is 8.71. The van der Waals surface area contributed by atoms with Crippen molar-refractivity contribution >= 4 is 27.6 Å². The molecule has 0 unspecified atom stereocenters. The second-order valence-corrected chi connectivity index (χ2v) is 7.83. The Morgan fingerprint density at radius 3 is 2.64 bits per heavy atom. The van der Waals surface area contributed by atoms with Crippen LogP contribution >= 0.6 is 11.3 Å². The van der Waals surface area contributed by atoms with Crippen molar-refractivity contribution in [3.05, 3.63) is 67.9 Å². The molecule has 0 spiro atoms. The van der Waals surface area contributed by atoms with Crippen LogP contribution in [0, 0.1) is 5.41 Å². The van der Waals surface area contributed by atoms with Crippen LogP contribution in [-0.4, -0.2) is 19.5 Å². The number of nitrogens with zero attached hydrogens (tertiary/aromatic N) is 3. The second kappa shape index (κ2) is 6.33. The fourth-order valence-electron chi connectivity index (χ4n) is 2.37. The van der Waals surface area contributed by atoms with Crippen molar-refractivity contribution in [1.82, 2.24) is 14.3 Å². The predicted octanol–water partition coefficient (Wildman–Crippen LogP) is 2.96. The first-order valence-electron chi connectivity index (χ1n) is 7.83. The van der Waals surface area contributed by atoms with Crippen LogP contribution in [0.1, 0.15) is 32.0 Å². The van der Waals surface area contributed by atoms with Crippen molar-refractivity contribution in [2.75, 3.05) is 0 Å². The van der Waals surface area contributed by atoms with Gasteiger partial charge in [-0.25, -0.2) is 4.79 Å². The molecule has 0 aliphatic carbocycles. The van der Waals surface area contributed by atoms with Crippen LogP contribution in [0.2, 0.25) is 0 Å². The molecule has 1 N–H and O–H groups in total. The number of aromatic nitrogens is 3.